The van der Waals surface area contributed by atoms with E-state index in [0.717, 1.165) is 29.3 Å². The smallest absolute Gasteiger partial charge is 0.416 e. The first-order valence-electron chi connectivity index (χ1n) is 9.53. The van der Waals surface area contributed by atoms with Gasteiger partial charge in [-0.15, -0.1) is 0 Å². The first kappa shape index (κ1) is 24.1. The summed E-state index contributed by atoms with van der Waals surface area (Å²) >= 11 is 5.93. The van der Waals surface area contributed by atoms with Crippen molar-refractivity contribution in [1.29, 1.82) is 0 Å². The van der Waals surface area contributed by atoms with E-state index in [1.165, 1.54) is 0 Å². The lowest BCUT2D eigenvalue weighted by Gasteiger charge is -2.27. The third kappa shape index (κ3) is 6.14. The number of anilines is 1. The zero-order valence-electron chi connectivity index (χ0n) is 18.0. The van der Waals surface area contributed by atoms with Crippen LogP contribution in [0, 0.1) is 0 Å². The lowest BCUT2D eigenvalue weighted by atomic mass is 9.80. The molecule has 0 aliphatic heterocycles. The van der Waals surface area contributed by atoms with Crippen LogP contribution in [0.4, 0.5) is 18.9 Å². The van der Waals surface area contributed by atoms with E-state index < -0.39 is 17.6 Å². The largest absolute Gasteiger partial charge is 0.483 e. The normalized spacial score (nSPS) is 12.6. The van der Waals surface area contributed by atoms with Crippen LogP contribution in [-0.4, -0.2) is 12.5 Å². The number of carbonyl (C=O) groups is 1. The highest BCUT2D eigenvalue weighted by Gasteiger charge is 2.31. The van der Waals surface area contributed by atoms with Crippen molar-refractivity contribution in [3.05, 3.63) is 58.1 Å². The Morgan fingerprint density at radius 3 is 2.07 bits per heavy atom. The van der Waals surface area contributed by atoms with E-state index in [4.69, 9.17) is 16.3 Å². The molecule has 0 spiro atoms. The van der Waals surface area contributed by atoms with Crippen LogP contribution >= 0.6 is 11.6 Å². The molecule has 164 valence electrons. The van der Waals surface area contributed by atoms with Gasteiger partial charge in [-0.2, -0.15) is 13.2 Å². The Morgan fingerprint density at radius 2 is 1.53 bits per heavy atom. The molecule has 1 amide bonds. The van der Waals surface area contributed by atoms with E-state index in [-0.39, 0.29) is 28.1 Å². The van der Waals surface area contributed by atoms with E-state index in [1.54, 1.807) is 0 Å². The number of hydrogen-bond donors (Lipinski definition) is 1. The van der Waals surface area contributed by atoms with Gasteiger partial charge in [-0.25, -0.2) is 0 Å². The van der Waals surface area contributed by atoms with Gasteiger partial charge in [0, 0.05) is 0 Å². The number of alkyl halides is 3. The first-order valence-corrected chi connectivity index (χ1v) is 9.91. The van der Waals surface area contributed by atoms with Crippen molar-refractivity contribution in [2.45, 2.75) is 58.5 Å². The Morgan fingerprint density at radius 1 is 0.933 bits per heavy atom. The number of benzene rings is 2. The fraction of sp³-hybridized carbons (Fsp3) is 0.435. The van der Waals surface area contributed by atoms with Crippen LogP contribution in [0.2, 0.25) is 5.02 Å². The predicted molar refractivity (Wildman–Crippen MR) is 114 cm³/mol. The van der Waals surface area contributed by atoms with Crippen molar-refractivity contribution >= 4 is 23.2 Å². The summed E-state index contributed by atoms with van der Waals surface area (Å²) in [5.74, 6) is -0.0447. The van der Waals surface area contributed by atoms with Gasteiger partial charge in [0.05, 0.1) is 16.3 Å². The highest BCUT2D eigenvalue weighted by atomic mass is 35.5. The average Bonchev–Trinajstić information content (AvgIpc) is 2.59. The highest BCUT2D eigenvalue weighted by Crippen LogP contribution is 2.36. The molecule has 0 bridgehead atoms. The van der Waals surface area contributed by atoms with Crippen molar-refractivity contribution in [1.82, 2.24) is 0 Å². The fourth-order valence-electron chi connectivity index (χ4n) is 2.84. The van der Waals surface area contributed by atoms with Crippen LogP contribution in [0.5, 0.6) is 5.75 Å². The minimum absolute atomic E-state index is 0.0151. The second-order valence-corrected chi connectivity index (χ2v) is 9.65. The van der Waals surface area contributed by atoms with Crippen molar-refractivity contribution in [3.8, 4) is 5.75 Å². The van der Waals surface area contributed by atoms with Crippen LogP contribution in [0.15, 0.2) is 36.4 Å². The third-order valence-corrected chi connectivity index (χ3v) is 4.91. The fourth-order valence-corrected chi connectivity index (χ4v) is 3.00. The quantitative estimate of drug-likeness (QED) is 0.556. The molecular formula is C23H27ClF3NO2. The molecule has 0 saturated carbocycles. The topological polar surface area (TPSA) is 38.3 Å². The molecule has 2 aromatic rings. The Bertz CT molecular complexity index is 926. The lowest BCUT2D eigenvalue weighted by molar-refractivity contribution is -0.137. The molecule has 0 saturated heterocycles. The molecule has 30 heavy (non-hydrogen) atoms. The number of ether oxygens (including phenoxy) is 1. The number of amides is 1. The number of carbonyl (C=O) groups excluding carboxylic acids is 1. The van der Waals surface area contributed by atoms with Crippen LogP contribution < -0.4 is 10.1 Å². The third-order valence-electron chi connectivity index (χ3n) is 4.58. The summed E-state index contributed by atoms with van der Waals surface area (Å²) in [5, 5.41) is 2.41. The number of rotatable bonds is 4. The molecule has 0 atom stereocenters. The van der Waals surface area contributed by atoms with Gasteiger partial charge in [0.25, 0.3) is 5.91 Å². The van der Waals surface area contributed by atoms with Gasteiger partial charge in [-0.3, -0.25) is 4.79 Å². The van der Waals surface area contributed by atoms with Gasteiger partial charge in [0.2, 0.25) is 0 Å². The van der Waals surface area contributed by atoms with Crippen molar-refractivity contribution in [3.63, 3.8) is 0 Å². The summed E-state index contributed by atoms with van der Waals surface area (Å²) < 4.78 is 44.4. The molecule has 2 aromatic carbocycles. The Kier molecular flexibility index (Phi) is 6.82. The van der Waals surface area contributed by atoms with Crippen LogP contribution in [0.25, 0.3) is 0 Å². The second-order valence-electron chi connectivity index (χ2n) is 9.24. The zero-order chi connectivity index (χ0) is 22.9. The molecule has 0 fully saturated rings. The van der Waals surface area contributed by atoms with Crippen LogP contribution in [0.1, 0.15) is 58.2 Å². The minimum atomic E-state index is -4.53. The molecule has 7 heteroatoms. The van der Waals surface area contributed by atoms with Crippen LogP contribution in [0.3, 0.4) is 0 Å². The van der Waals surface area contributed by atoms with E-state index in [0.29, 0.717) is 5.75 Å². The van der Waals surface area contributed by atoms with Gasteiger partial charge >= 0.3 is 6.18 Å². The molecule has 3 nitrogen and oxygen atoms in total. The standard InChI is InChI=1S/C23H27ClF3NO2/c1-21(2,3)14-8-10-19(16(11-14)22(4,5)6)30-13-20(29)28-18-12-15(23(25,26)27)7-9-17(18)24/h7-12H,13H2,1-6H3,(H,28,29). The summed E-state index contributed by atoms with van der Waals surface area (Å²) in [5.41, 5.74) is 0.808. The number of halogens is 4. The van der Waals surface area contributed by atoms with Crippen molar-refractivity contribution < 1.29 is 22.7 Å². The molecule has 0 aliphatic rings. The number of nitrogens with one attached hydrogen (secondary N) is 1. The van der Waals surface area contributed by atoms with Gasteiger partial charge < -0.3 is 10.1 Å². The summed E-state index contributed by atoms with van der Waals surface area (Å²) in [6, 6.07) is 8.61. The van der Waals surface area contributed by atoms with Gasteiger partial charge in [-0.1, -0.05) is 65.3 Å². The van der Waals surface area contributed by atoms with Crippen molar-refractivity contribution in [2.24, 2.45) is 0 Å². The predicted octanol–water partition coefficient (Wildman–Crippen LogP) is 6.97. The molecule has 0 aliphatic carbocycles. The Labute approximate surface area is 180 Å². The van der Waals surface area contributed by atoms with E-state index in [2.05, 4.69) is 32.2 Å². The molecule has 0 aromatic heterocycles. The maximum atomic E-state index is 12.9. The highest BCUT2D eigenvalue weighted by molar-refractivity contribution is 6.33. The molecule has 0 heterocycles. The summed E-state index contributed by atoms with van der Waals surface area (Å²) in [7, 11) is 0. The monoisotopic (exact) mass is 441 g/mol. The first-order chi connectivity index (χ1) is 13.6. The Hall–Kier alpha value is -2.21. The summed E-state index contributed by atoms with van der Waals surface area (Å²) in [6.45, 7) is 12.1. The molecule has 0 radical (unpaired) electrons. The zero-order valence-corrected chi connectivity index (χ0v) is 18.8. The van der Waals surface area contributed by atoms with Crippen LogP contribution in [-0.2, 0) is 21.8 Å². The van der Waals surface area contributed by atoms with Gasteiger partial charge in [-0.05, 0) is 46.2 Å². The van der Waals surface area contributed by atoms with E-state index in [1.807, 2.05) is 32.9 Å². The molecule has 2 rings (SSSR count). The van der Waals surface area contributed by atoms with Gasteiger partial charge in [0.15, 0.2) is 6.61 Å². The SMILES string of the molecule is CC(C)(C)c1ccc(OCC(=O)Nc2cc(C(F)(F)F)ccc2Cl)c(C(C)(C)C)c1. The molecule has 0 unspecified atom stereocenters. The number of hydrogen-bond acceptors (Lipinski definition) is 2. The lowest BCUT2D eigenvalue weighted by Crippen LogP contribution is -2.23. The summed E-state index contributed by atoms with van der Waals surface area (Å²) in [6.07, 6.45) is -4.53. The molecular weight excluding hydrogens is 415 g/mol. The van der Waals surface area contributed by atoms with E-state index >= 15 is 0 Å². The van der Waals surface area contributed by atoms with Crippen molar-refractivity contribution in [2.75, 3.05) is 11.9 Å². The van der Waals surface area contributed by atoms with Gasteiger partial charge in [0.1, 0.15) is 5.75 Å². The Balaban J connectivity index is 2.19. The average molecular weight is 442 g/mol. The maximum Gasteiger partial charge on any atom is 0.416 e. The summed E-state index contributed by atoms with van der Waals surface area (Å²) in [4.78, 5) is 12.3. The maximum absolute atomic E-state index is 12.9. The second kappa shape index (κ2) is 8.50. The van der Waals surface area contributed by atoms with E-state index in [9.17, 15) is 18.0 Å². The minimum Gasteiger partial charge on any atom is -0.483 e. The molecule has 1 N–H and O–H groups in total.